The van der Waals surface area contributed by atoms with Gasteiger partial charge < -0.3 is 15.0 Å². The molecule has 0 aliphatic rings. The number of carboxylic acids is 1. The van der Waals surface area contributed by atoms with Gasteiger partial charge in [-0.05, 0) is 37.3 Å². The molecule has 20 heavy (non-hydrogen) atoms. The van der Waals surface area contributed by atoms with Gasteiger partial charge in [-0.15, -0.1) is 0 Å². The lowest BCUT2D eigenvalue weighted by Gasteiger charge is -2.08. The highest BCUT2D eigenvalue weighted by Gasteiger charge is 2.14. The fourth-order valence-electron chi connectivity index (χ4n) is 1.80. The van der Waals surface area contributed by atoms with Crippen molar-refractivity contribution in [2.24, 2.45) is 7.05 Å². The van der Waals surface area contributed by atoms with Crippen LogP contribution in [0.4, 0.5) is 5.69 Å². The molecule has 5 nitrogen and oxygen atoms in total. The molecule has 0 aliphatic carbocycles. The number of carbonyl (C=O) groups is 2. The van der Waals surface area contributed by atoms with Crippen LogP contribution < -0.4 is 5.32 Å². The first-order valence-electron chi connectivity index (χ1n) is 5.86. The third-order valence-corrected chi connectivity index (χ3v) is 3.39. The Morgan fingerprint density at radius 1 is 1.25 bits per heavy atom. The van der Waals surface area contributed by atoms with E-state index in [2.05, 4.69) is 5.32 Å². The van der Waals surface area contributed by atoms with Crippen molar-refractivity contribution in [2.75, 3.05) is 5.32 Å². The van der Waals surface area contributed by atoms with Gasteiger partial charge in [0.2, 0.25) is 0 Å². The molecule has 0 saturated carbocycles. The van der Waals surface area contributed by atoms with E-state index in [4.69, 9.17) is 16.7 Å². The number of carboxylic acid groups (broad SMARTS) is 1. The molecular weight excluding hydrogens is 280 g/mol. The number of hydrogen-bond donors (Lipinski definition) is 2. The molecule has 0 radical (unpaired) electrons. The molecular formula is C14H13ClN2O3. The SMILES string of the molecule is Cc1ccc(C(=O)Nc2ccc(Cl)c(C(=O)O)c2)n1C. The summed E-state index contributed by atoms with van der Waals surface area (Å²) in [6, 6.07) is 7.87. The summed E-state index contributed by atoms with van der Waals surface area (Å²) in [6.45, 7) is 1.89. The van der Waals surface area contributed by atoms with Crippen molar-refractivity contribution in [2.45, 2.75) is 6.92 Å². The Kier molecular flexibility index (Phi) is 3.81. The van der Waals surface area contributed by atoms with Crippen LogP contribution in [0, 0.1) is 6.92 Å². The number of nitrogens with zero attached hydrogens (tertiary/aromatic N) is 1. The van der Waals surface area contributed by atoms with Gasteiger partial charge in [0.05, 0.1) is 10.6 Å². The number of amides is 1. The van der Waals surface area contributed by atoms with Crippen LogP contribution >= 0.6 is 11.6 Å². The van der Waals surface area contributed by atoms with E-state index in [1.54, 1.807) is 23.7 Å². The molecule has 2 N–H and O–H groups in total. The van der Waals surface area contributed by atoms with Gasteiger partial charge >= 0.3 is 5.97 Å². The van der Waals surface area contributed by atoms with E-state index in [1.807, 2.05) is 13.0 Å². The van der Waals surface area contributed by atoms with Gasteiger partial charge in [-0.3, -0.25) is 4.79 Å². The maximum Gasteiger partial charge on any atom is 0.337 e. The second-order valence-electron chi connectivity index (χ2n) is 4.37. The van der Waals surface area contributed by atoms with E-state index in [9.17, 15) is 9.59 Å². The molecule has 0 saturated heterocycles. The molecule has 6 heteroatoms. The molecule has 0 atom stereocenters. The Morgan fingerprint density at radius 2 is 1.95 bits per heavy atom. The summed E-state index contributed by atoms with van der Waals surface area (Å²) in [5, 5.41) is 11.8. The van der Waals surface area contributed by atoms with Crippen molar-refractivity contribution in [3.63, 3.8) is 0 Å². The highest BCUT2D eigenvalue weighted by atomic mass is 35.5. The Bertz CT molecular complexity index is 692. The van der Waals surface area contributed by atoms with Crippen LogP contribution in [-0.4, -0.2) is 21.6 Å². The van der Waals surface area contributed by atoms with Gasteiger partial charge in [-0.1, -0.05) is 11.6 Å². The van der Waals surface area contributed by atoms with Crippen molar-refractivity contribution in [1.82, 2.24) is 4.57 Å². The van der Waals surface area contributed by atoms with E-state index in [0.29, 0.717) is 11.4 Å². The number of rotatable bonds is 3. The Morgan fingerprint density at radius 3 is 2.50 bits per heavy atom. The van der Waals surface area contributed by atoms with Crippen LogP contribution in [0.5, 0.6) is 0 Å². The van der Waals surface area contributed by atoms with E-state index in [-0.39, 0.29) is 16.5 Å². The fraction of sp³-hybridized carbons (Fsp3) is 0.143. The predicted molar refractivity (Wildman–Crippen MR) is 76.5 cm³/mol. The van der Waals surface area contributed by atoms with E-state index < -0.39 is 5.97 Å². The smallest absolute Gasteiger partial charge is 0.337 e. The van der Waals surface area contributed by atoms with Gasteiger partial charge in [0.15, 0.2) is 0 Å². The summed E-state index contributed by atoms with van der Waals surface area (Å²) in [7, 11) is 1.79. The Labute approximate surface area is 120 Å². The molecule has 2 rings (SSSR count). The minimum Gasteiger partial charge on any atom is -0.478 e. The lowest BCUT2D eigenvalue weighted by molar-refractivity contribution is 0.0696. The standard InChI is InChI=1S/C14H13ClN2O3/c1-8-3-6-12(17(8)2)13(18)16-9-4-5-11(15)10(7-9)14(19)20/h3-7H,1-2H3,(H,16,18)(H,19,20). The Hall–Kier alpha value is -2.27. The molecule has 0 fully saturated rings. The van der Waals surface area contributed by atoms with Crippen LogP contribution in [0.25, 0.3) is 0 Å². The van der Waals surface area contributed by atoms with Crippen molar-refractivity contribution >= 4 is 29.2 Å². The fourth-order valence-corrected chi connectivity index (χ4v) is 2.00. The summed E-state index contributed by atoms with van der Waals surface area (Å²) in [4.78, 5) is 23.1. The summed E-state index contributed by atoms with van der Waals surface area (Å²) in [5.74, 6) is -1.44. The van der Waals surface area contributed by atoms with E-state index in [1.165, 1.54) is 12.1 Å². The monoisotopic (exact) mass is 292 g/mol. The van der Waals surface area contributed by atoms with Gasteiger partial charge in [0.1, 0.15) is 5.69 Å². The molecule has 1 amide bonds. The van der Waals surface area contributed by atoms with Crippen molar-refractivity contribution < 1.29 is 14.7 Å². The van der Waals surface area contributed by atoms with Crippen molar-refractivity contribution in [3.8, 4) is 0 Å². The molecule has 104 valence electrons. The number of halogens is 1. The highest BCUT2D eigenvalue weighted by molar-refractivity contribution is 6.33. The molecule has 0 spiro atoms. The second-order valence-corrected chi connectivity index (χ2v) is 4.78. The molecule has 0 aliphatic heterocycles. The van der Waals surface area contributed by atoms with Crippen molar-refractivity contribution in [1.29, 1.82) is 0 Å². The topological polar surface area (TPSA) is 71.3 Å². The van der Waals surface area contributed by atoms with Crippen LogP contribution in [-0.2, 0) is 7.05 Å². The first-order chi connectivity index (χ1) is 9.40. The second kappa shape index (κ2) is 5.38. The summed E-state index contributed by atoms with van der Waals surface area (Å²) in [5.41, 5.74) is 1.79. The quantitative estimate of drug-likeness (QED) is 0.913. The molecule has 1 heterocycles. The lowest BCUT2D eigenvalue weighted by Crippen LogP contribution is -2.16. The first-order valence-corrected chi connectivity index (χ1v) is 6.24. The zero-order valence-electron chi connectivity index (χ0n) is 11.0. The van der Waals surface area contributed by atoms with Crippen LogP contribution in [0.3, 0.4) is 0 Å². The number of anilines is 1. The van der Waals surface area contributed by atoms with E-state index >= 15 is 0 Å². The van der Waals surface area contributed by atoms with Crippen LogP contribution in [0.15, 0.2) is 30.3 Å². The minimum atomic E-state index is -1.14. The number of benzene rings is 1. The highest BCUT2D eigenvalue weighted by Crippen LogP contribution is 2.21. The van der Waals surface area contributed by atoms with Gasteiger partial charge in [0, 0.05) is 18.4 Å². The number of hydrogen-bond acceptors (Lipinski definition) is 2. The van der Waals surface area contributed by atoms with Gasteiger partial charge in [-0.2, -0.15) is 0 Å². The molecule has 1 aromatic carbocycles. The average molecular weight is 293 g/mol. The molecule has 0 bridgehead atoms. The largest absolute Gasteiger partial charge is 0.478 e. The zero-order chi connectivity index (χ0) is 14.9. The van der Waals surface area contributed by atoms with Gasteiger partial charge in [0.25, 0.3) is 5.91 Å². The number of aryl methyl sites for hydroxylation is 1. The number of carbonyl (C=O) groups excluding carboxylic acids is 1. The zero-order valence-corrected chi connectivity index (χ0v) is 11.7. The van der Waals surface area contributed by atoms with E-state index in [0.717, 1.165) is 5.69 Å². The summed E-state index contributed by atoms with van der Waals surface area (Å²) in [6.07, 6.45) is 0. The molecule has 1 aromatic heterocycles. The number of nitrogens with one attached hydrogen (secondary N) is 1. The third kappa shape index (κ3) is 2.67. The Balaban J connectivity index is 2.26. The number of aromatic nitrogens is 1. The summed E-state index contributed by atoms with van der Waals surface area (Å²) < 4.78 is 1.75. The maximum atomic E-state index is 12.1. The van der Waals surface area contributed by atoms with Gasteiger partial charge in [-0.25, -0.2) is 4.79 Å². The maximum absolute atomic E-state index is 12.1. The van der Waals surface area contributed by atoms with Crippen LogP contribution in [0.1, 0.15) is 26.5 Å². The normalized spacial score (nSPS) is 10.3. The van der Waals surface area contributed by atoms with Crippen molar-refractivity contribution in [3.05, 3.63) is 52.3 Å². The average Bonchev–Trinajstić information content (AvgIpc) is 2.72. The summed E-state index contributed by atoms with van der Waals surface area (Å²) >= 11 is 5.78. The predicted octanol–water partition coefficient (Wildman–Crippen LogP) is 2.94. The molecule has 0 unspecified atom stereocenters. The first kappa shape index (κ1) is 14.1. The lowest BCUT2D eigenvalue weighted by atomic mass is 10.2. The number of aromatic carboxylic acids is 1. The molecule has 2 aromatic rings. The minimum absolute atomic E-state index is 0.0486. The third-order valence-electron chi connectivity index (χ3n) is 3.06. The van der Waals surface area contributed by atoms with Crippen LogP contribution in [0.2, 0.25) is 5.02 Å².